The van der Waals surface area contributed by atoms with E-state index in [1.165, 1.54) is 63.9 Å². The van der Waals surface area contributed by atoms with Crippen molar-refractivity contribution in [2.45, 2.75) is 71.1 Å². The molecule has 0 aromatic carbocycles. The van der Waals surface area contributed by atoms with Crippen molar-refractivity contribution in [1.82, 2.24) is 0 Å². The number of hydrogen-bond acceptors (Lipinski definition) is 1. The van der Waals surface area contributed by atoms with E-state index in [0.717, 1.165) is 6.42 Å². The van der Waals surface area contributed by atoms with Gasteiger partial charge in [0.05, 0.1) is 0 Å². The Labute approximate surface area is 113 Å². The minimum absolute atomic E-state index is 0.235. The summed E-state index contributed by atoms with van der Waals surface area (Å²) in [6.07, 6.45) is 20.6. The van der Waals surface area contributed by atoms with E-state index in [1.807, 2.05) is 6.08 Å². The average Bonchev–Trinajstić information content (AvgIpc) is 2.39. The first-order chi connectivity index (χ1) is 8.81. The van der Waals surface area contributed by atoms with Crippen LogP contribution >= 0.6 is 0 Å². The molecule has 104 valence electrons. The molecule has 1 N–H and O–H groups in total. The first kappa shape index (κ1) is 17.0. The van der Waals surface area contributed by atoms with Gasteiger partial charge in [-0.3, -0.25) is 0 Å². The lowest BCUT2D eigenvalue weighted by atomic mass is 10.1. The van der Waals surface area contributed by atoms with Crippen LogP contribution in [0.15, 0.2) is 36.6 Å². The summed E-state index contributed by atoms with van der Waals surface area (Å²) in [5.41, 5.74) is 0. The Morgan fingerprint density at radius 2 is 1.50 bits per heavy atom. The Kier molecular flexibility index (Phi) is 13.3. The fourth-order valence-electron chi connectivity index (χ4n) is 1.90. The number of aliphatic hydroxyl groups excluding tert-OH is 1. The highest BCUT2D eigenvalue weighted by Crippen LogP contribution is 2.10. The van der Waals surface area contributed by atoms with Crippen LogP contribution < -0.4 is 0 Å². The van der Waals surface area contributed by atoms with E-state index >= 15 is 0 Å². The Hall–Kier alpha value is -0.980. The van der Waals surface area contributed by atoms with Gasteiger partial charge in [0.15, 0.2) is 0 Å². The summed E-state index contributed by atoms with van der Waals surface area (Å²) in [4.78, 5) is 0. The second kappa shape index (κ2) is 14.1. The molecule has 0 radical (unpaired) electrons. The molecule has 18 heavy (non-hydrogen) atoms. The molecule has 0 bridgehead atoms. The lowest BCUT2D eigenvalue weighted by Gasteiger charge is -2.00. The summed E-state index contributed by atoms with van der Waals surface area (Å²) >= 11 is 0. The lowest BCUT2D eigenvalue weighted by Crippen LogP contribution is -1.80. The smallest absolute Gasteiger partial charge is 0.114 e. The molecule has 0 aliphatic rings. The third kappa shape index (κ3) is 13.1. The van der Waals surface area contributed by atoms with E-state index in [9.17, 15) is 0 Å². The summed E-state index contributed by atoms with van der Waals surface area (Å²) in [6, 6.07) is 0. The van der Waals surface area contributed by atoms with E-state index in [0.29, 0.717) is 0 Å². The number of hydrogen-bond donors (Lipinski definition) is 1. The highest BCUT2D eigenvalue weighted by atomic mass is 16.3. The van der Waals surface area contributed by atoms with Gasteiger partial charge in [-0.1, -0.05) is 77.0 Å². The maximum Gasteiger partial charge on any atom is 0.114 e. The largest absolute Gasteiger partial charge is 0.508 e. The van der Waals surface area contributed by atoms with Gasteiger partial charge in [0.1, 0.15) is 5.76 Å². The summed E-state index contributed by atoms with van der Waals surface area (Å²) in [5.74, 6) is 0.235. The van der Waals surface area contributed by atoms with E-state index < -0.39 is 0 Å². The van der Waals surface area contributed by atoms with E-state index in [1.54, 1.807) is 6.08 Å². The van der Waals surface area contributed by atoms with Gasteiger partial charge in [0.25, 0.3) is 0 Å². The fourth-order valence-corrected chi connectivity index (χ4v) is 1.90. The molecule has 0 spiro atoms. The second-order valence-corrected chi connectivity index (χ2v) is 4.84. The van der Waals surface area contributed by atoms with Crippen molar-refractivity contribution < 1.29 is 5.11 Å². The van der Waals surface area contributed by atoms with Crippen LogP contribution in [0, 0.1) is 0 Å². The number of aliphatic hydroxyl groups is 1. The van der Waals surface area contributed by atoms with Crippen molar-refractivity contribution in [2.24, 2.45) is 0 Å². The van der Waals surface area contributed by atoms with Gasteiger partial charge in [0, 0.05) is 0 Å². The van der Waals surface area contributed by atoms with Crippen LogP contribution in [-0.4, -0.2) is 5.11 Å². The van der Waals surface area contributed by atoms with Crippen LogP contribution in [0.1, 0.15) is 71.1 Å². The Morgan fingerprint density at radius 3 is 2.06 bits per heavy atom. The molecule has 0 aliphatic carbocycles. The molecule has 0 aliphatic heterocycles. The summed E-state index contributed by atoms with van der Waals surface area (Å²) < 4.78 is 0. The molecule has 0 aromatic rings. The number of allylic oxidation sites excluding steroid dienone is 4. The normalized spacial score (nSPS) is 12.2. The molecule has 1 heteroatoms. The predicted molar refractivity (Wildman–Crippen MR) is 81.9 cm³/mol. The van der Waals surface area contributed by atoms with Crippen molar-refractivity contribution >= 4 is 0 Å². The Balaban J connectivity index is 3.18. The number of rotatable bonds is 12. The highest BCUT2D eigenvalue weighted by molar-refractivity contribution is 5.14. The molecule has 0 saturated carbocycles. The van der Waals surface area contributed by atoms with Crippen molar-refractivity contribution in [1.29, 1.82) is 0 Å². The minimum atomic E-state index is 0.235. The zero-order valence-corrected chi connectivity index (χ0v) is 12.0. The Morgan fingerprint density at radius 1 is 0.944 bits per heavy atom. The summed E-state index contributed by atoms with van der Waals surface area (Å²) in [6.45, 7) is 5.75. The zero-order valence-electron chi connectivity index (χ0n) is 12.0. The van der Waals surface area contributed by atoms with Crippen molar-refractivity contribution in [2.75, 3.05) is 0 Å². The molecule has 0 heterocycles. The first-order valence-electron chi connectivity index (χ1n) is 7.49. The van der Waals surface area contributed by atoms with E-state index in [4.69, 9.17) is 5.11 Å². The van der Waals surface area contributed by atoms with Crippen molar-refractivity contribution in [3.8, 4) is 0 Å². The lowest BCUT2D eigenvalue weighted by molar-refractivity contribution is 0.433. The molecule has 0 atom stereocenters. The van der Waals surface area contributed by atoms with E-state index in [2.05, 4.69) is 19.6 Å². The van der Waals surface area contributed by atoms with Gasteiger partial charge >= 0.3 is 0 Å². The quantitative estimate of drug-likeness (QED) is 0.252. The fraction of sp³-hybridized carbons (Fsp3) is 0.647. The molecule has 0 saturated heterocycles. The van der Waals surface area contributed by atoms with Crippen LogP contribution in [0.2, 0.25) is 0 Å². The summed E-state index contributed by atoms with van der Waals surface area (Å²) in [7, 11) is 0. The molecule has 0 amide bonds. The molecule has 1 nitrogen and oxygen atoms in total. The van der Waals surface area contributed by atoms with Crippen LogP contribution in [0.25, 0.3) is 0 Å². The van der Waals surface area contributed by atoms with Crippen LogP contribution in [-0.2, 0) is 0 Å². The average molecular weight is 250 g/mol. The third-order valence-electron chi connectivity index (χ3n) is 3.09. The second-order valence-electron chi connectivity index (χ2n) is 4.84. The van der Waals surface area contributed by atoms with Gasteiger partial charge in [-0.25, -0.2) is 0 Å². The summed E-state index contributed by atoms with van der Waals surface area (Å²) in [5, 5.41) is 9.11. The molecule has 0 unspecified atom stereocenters. The van der Waals surface area contributed by atoms with Crippen LogP contribution in [0.5, 0.6) is 0 Å². The first-order valence-corrected chi connectivity index (χ1v) is 7.49. The standard InChI is InChI=1S/C17H30O/c1-3-5-6-7-8-9-10-11-12-13-14-15-16-17(18)4-2/h4,14-16,18H,2-3,5-13H2,1H3. The maximum absolute atomic E-state index is 9.11. The van der Waals surface area contributed by atoms with Gasteiger partial charge in [-0.2, -0.15) is 0 Å². The maximum atomic E-state index is 9.11. The molecular formula is C17H30O. The minimum Gasteiger partial charge on any atom is -0.508 e. The van der Waals surface area contributed by atoms with Crippen LogP contribution in [0.4, 0.5) is 0 Å². The SMILES string of the molecule is C=CC(O)=CC=CCCCCCCCCCCC. The monoisotopic (exact) mass is 250 g/mol. The topological polar surface area (TPSA) is 20.2 Å². The van der Waals surface area contributed by atoms with Gasteiger partial charge in [0.2, 0.25) is 0 Å². The van der Waals surface area contributed by atoms with Gasteiger partial charge < -0.3 is 5.11 Å². The van der Waals surface area contributed by atoms with Gasteiger partial charge in [-0.05, 0) is 25.0 Å². The van der Waals surface area contributed by atoms with Crippen molar-refractivity contribution in [3.05, 3.63) is 36.6 Å². The third-order valence-corrected chi connectivity index (χ3v) is 3.09. The van der Waals surface area contributed by atoms with Crippen molar-refractivity contribution in [3.63, 3.8) is 0 Å². The highest BCUT2D eigenvalue weighted by Gasteiger charge is 1.90. The van der Waals surface area contributed by atoms with E-state index in [-0.39, 0.29) is 5.76 Å². The molecular weight excluding hydrogens is 220 g/mol. The van der Waals surface area contributed by atoms with Gasteiger partial charge in [-0.15, -0.1) is 0 Å². The Bertz CT molecular complexity index is 238. The molecule has 0 fully saturated rings. The molecule has 0 rings (SSSR count). The predicted octanol–water partition coefficient (Wildman–Crippen LogP) is 6.09. The van der Waals surface area contributed by atoms with Crippen LogP contribution in [0.3, 0.4) is 0 Å². The zero-order chi connectivity index (χ0) is 13.5. The molecule has 0 aromatic heterocycles. The number of unbranched alkanes of at least 4 members (excludes halogenated alkanes) is 9.